The Morgan fingerprint density at radius 1 is 1.35 bits per heavy atom. The maximum atomic E-state index is 11.7. The van der Waals surface area contributed by atoms with E-state index in [0.29, 0.717) is 15.8 Å². The molecule has 1 saturated carbocycles. The van der Waals surface area contributed by atoms with Crippen LogP contribution in [0.5, 0.6) is 5.75 Å². The van der Waals surface area contributed by atoms with Crippen LogP contribution in [0.25, 0.3) is 0 Å². The van der Waals surface area contributed by atoms with Gasteiger partial charge in [0, 0.05) is 17.6 Å². The largest absolute Gasteiger partial charge is 0.482 e. The first kappa shape index (κ1) is 15.4. The van der Waals surface area contributed by atoms with Crippen molar-refractivity contribution >= 4 is 29.1 Å². The molecule has 0 aliphatic heterocycles. The summed E-state index contributed by atoms with van der Waals surface area (Å²) in [7, 11) is 0. The zero-order valence-corrected chi connectivity index (χ0v) is 12.5. The summed E-state index contributed by atoms with van der Waals surface area (Å²) in [6.07, 6.45) is 3.46. The number of carbonyl (C=O) groups is 1. The lowest BCUT2D eigenvalue weighted by Gasteiger charge is -2.22. The molecule has 0 bridgehead atoms. The van der Waals surface area contributed by atoms with Gasteiger partial charge in [0.2, 0.25) is 0 Å². The van der Waals surface area contributed by atoms with E-state index in [1.165, 1.54) is 0 Å². The number of halogens is 2. The number of hydrogen-bond acceptors (Lipinski definition) is 3. The van der Waals surface area contributed by atoms with Crippen LogP contribution in [0.4, 0.5) is 0 Å². The van der Waals surface area contributed by atoms with Crippen LogP contribution >= 0.6 is 23.2 Å². The van der Waals surface area contributed by atoms with Crippen LogP contribution in [0, 0.1) is 0 Å². The van der Waals surface area contributed by atoms with Crippen LogP contribution in [0.15, 0.2) is 18.2 Å². The van der Waals surface area contributed by atoms with Gasteiger partial charge in [0.15, 0.2) is 6.61 Å². The lowest BCUT2D eigenvalue weighted by atomic mass is 10.0. The van der Waals surface area contributed by atoms with E-state index in [-0.39, 0.29) is 19.1 Å². The van der Waals surface area contributed by atoms with Crippen LogP contribution in [0.3, 0.4) is 0 Å². The first-order chi connectivity index (χ1) is 9.48. The zero-order chi connectivity index (χ0) is 14.6. The van der Waals surface area contributed by atoms with E-state index in [9.17, 15) is 9.90 Å². The van der Waals surface area contributed by atoms with Crippen molar-refractivity contribution in [3.63, 3.8) is 0 Å². The smallest absolute Gasteiger partial charge is 0.258 e. The highest BCUT2D eigenvalue weighted by atomic mass is 35.5. The van der Waals surface area contributed by atoms with Crippen molar-refractivity contribution in [3.8, 4) is 5.75 Å². The molecular weight excluding hydrogens is 301 g/mol. The fraction of sp³-hybridized carbons (Fsp3) is 0.500. The SMILES string of the molecule is O=C(COc1cc(Cl)ccc1Cl)NCC1(O)CCCC1. The van der Waals surface area contributed by atoms with Crippen molar-refractivity contribution < 1.29 is 14.6 Å². The summed E-state index contributed by atoms with van der Waals surface area (Å²) in [4.78, 5) is 11.7. The van der Waals surface area contributed by atoms with Gasteiger partial charge in [0.1, 0.15) is 5.75 Å². The third kappa shape index (κ3) is 4.27. The molecule has 4 nitrogen and oxygen atoms in total. The normalized spacial score (nSPS) is 16.9. The topological polar surface area (TPSA) is 58.6 Å². The third-order valence-corrected chi connectivity index (χ3v) is 3.95. The average Bonchev–Trinajstić information content (AvgIpc) is 2.85. The minimum atomic E-state index is -0.761. The molecule has 2 rings (SSSR count). The van der Waals surface area contributed by atoms with Gasteiger partial charge in [-0.15, -0.1) is 0 Å². The lowest BCUT2D eigenvalue weighted by molar-refractivity contribution is -0.124. The molecule has 0 saturated heterocycles. The van der Waals surface area contributed by atoms with E-state index in [0.717, 1.165) is 25.7 Å². The van der Waals surface area contributed by atoms with Crippen molar-refractivity contribution in [3.05, 3.63) is 28.2 Å². The Morgan fingerprint density at radius 2 is 2.05 bits per heavy atom. The number of rotatable bonds is 5. The highest BCUT2D eigenvalue weighted by Gasteiger charge is 2.31. The molecule has 1 aliphatic rings. The van der Waals surface area contributed by atoms with Gasteiger partial charge in [-0.25, -0.2) is 0 Å². The fourth-order valence-electron chi connectivity index (χ4n) is 2.26. The van der Waals surface area contributed by atoms with Crippen molar-refractivity contribution in [2.24, 2.45) is 0 Å². The summed E-state index contributed by atoms with van der Waals surface area (Å²) in [6.45, 7) is 0.106. The molecule has 1 aromatic rings. The van der Waals surface area contributed by atoms with Gasteiger partial charge in [-0.3, -0.25) is 4.79 Å². The Hall–Kier alpha value is -0.970. The predicted octanol–water partition coefficient (Wildman–Crippen LogP) is 2.79. The Bertz CT molecular complexity index is 487. The quantitative estimate of drug-likeness (QED) is 0.878. The summed E-state index contributed by atoms with van der Waals surface area (Å²) in [5.74, 6) is 0.0789. The molecule has 1 amide bonds. The molecule has 0 radical (unpaired) electrons. The van der Waals surface area contributed by atoms with E-state index in [1.807, 2.05) is 0 Å². The highest BCUT2D eigenvalue weighted by molar-refractivity contribution is 6.34. The molecule has 0 unspecified atom stereocenters. The van der Waals surface area contributed by atoms with Gasteiger partial charge in [0.05, 0.1) is 10.6 Å². The second-order valence-corrected chi connectivity index (χ2v) is 5.92. The van der Waals surface area contributed by atoms with Gasteiger partial charge >= 0.3 is 0 Å². The minimum absolute atomic E-state index is 0.157. The summed E-state index contributed by atoms with van der Waals surface area (Å²) in [6, 6.07) is 4.81. The van der Waals surface area contributed by atoms with Crippen LogP contribution in [0.1, 0.15) is 25.7 Å². The second kappa shape index (κ2) is 6.66. The Kier molecular flexibility index (Phi) is 5.13. The van der Waals surface area contributed by atoms with E-state index in [4.69, 9.17) is 27.9 Å². The van der Waals surface area contributed by atoms with Gasteiger partial charge in [-0.1, -0.05) is 36.0 Å². The molecule has 1 fully saturated rings. The maximum Gasteiger partial charge on any atom is 0.258 e. The molecule has 6 heteroatoms. The van der Waals surface area contributed by atoms with Crippen molar-refractivity contribution in [2.75, 3.05) is 13.2 Å². The van der Waals surface area contributed by atoms with Crippen LogP contribution in [-0.4, -0.2) is 29.8 Å². The van der Waals surface area contributed by atoms with Crippen molar-refractivity contribution in [1.29, 1.82) is 0 Å². The number of ether oxygens (including phenoxy) is 1. The second-order valence-electron chi connectivity index (χ2n) is 5.07. The summed E-state index contributed by atoms with van der Waals surface area (Å²) >= 11 is 11.8. The Morgan fingerprint density at radius 3 is 2.75 bits per heavy atom. The number of carbonyl (C=O) groups excluding carboxylic acids is 1. The summed E-state index contributed by atoms with van der Waals surface area (Å²) < 4.78 is 5.32. The molecule has 0 spiro atoms. The van der Waals surface area contributed by atoms with Crippen LogP contribution < -0.4 is 10.1 Å². The minimum Gasteiger partial charge on any atom is -0.482 e. The molecule has 1 aliphatic carbocycles. The van der Waals surface area contributed by atoms with Gasteiger partial charge < -0.3 is 15.2 Å². The summed E-state index contributed by atoms with van der Waals surface area (Å²) in [5, 5.41) is 13.7. The maximum absolute atomic E-state index is 11.7. The Labute approximate surface area is 128 Å². The number of benzene rings is 1. The van der Waals surface area contributed by atoms with Crippen molar-refractivity contribution in [1.82, 2.24) is 5.32 Å². The third-order valence-electron chi connectivity index (χ3n) is 3.40. The summed E-state index contributed by atoms with van der Waals surface area (Å²) in [5.41, 5.74) is -0.761. The van der Waals surface area contributed by atoms with Gasteiger partial charge in [-0.05, 0) is 25.0 Å². The van der Waals surface area contributed by atoms with E-state index >= 15 is 0 Å². The molecule has 0 atom stereocenters. The average molecular weight is 318 g/mol. The van der Waals surface area contributed by atoms with Crippen molar-refractivity contribution in [2.45, 2.75) is 31.3 Å². The van der Waals surface area contributed by atoms with E-state index in [1.54, 1.807) is 18.2 Å². The number of nitrogens with one attached hydrogen (secondary N) is 1. The number of hydrogen-bond donors (Lipinski definition) is 2. The molecule has 1 aromatic carbocycles. The highest BCUT2D eigenvalue weighted by Crippen LogP contribution is 2.29. The lowest BCUT2D eigenvalue weighted by Crippen LogP contribution is -2.42. The molecule has 2 N–H and O–H groups in total. The molecular formula is C14H17Cl2NO3. The molecule has 110 valence electrons. The molecule has 20 heavy (non-hydrogen) atoms. The fourth-order valence-corrected chi connectivity index (χ4v) is 2.59. The van der Waals surface area contributed by atoms with E-state index < -0.39 is 5.60 Å². The molecule has 0 aromatic heterocycles. The predicted molar refractivity (Wildman–Crippen MR) is 78.4 cm³/mol. The van der Waals surface area contributed by atoms with E-state index in [2.05, 4.69) is 5.32 Å². The first-order valence-corrected chi connectivity index (χ1v) is 7.31. The van der Waals surface area contributed by atoms with Crippen LogP contribution in [0.2, 0.25) is 10.0 Å². The van der Waals surface area contributed by atoms with Gasteiger partial charge in [0.25, 0.3) is 5.91 Å². The standard InChI is InChI=1S/C14H17Cl2NO3/c15-10-3-4-11(16)12(7-10)20-8-13(18)17-9-14(19)5-1-2-6-14/h3-4,7,19H,1-2,5-6,8-9H2,(H,17,18). The number of aliphatic hydroxyl groups is 1. The molecule has 0 heterocycles. The number of amides is 1. The van der Waals surface area contributed by atoms with Gasteiger partial charge in [-0.2, -0.15) is 0 Å². The Balaban J connectivity index is 1.79. The monoisotopic (exact) mass is 317 g/mol. The zero-order valence-electron chi connectivity index (χ0n) is 11.0. The van der Waals surface area contributed by atoms with Crippen LogP contribution in [-0.2, 0) is 4.79 Å². The first-order valence-electron chi connectivity index (χ1n) is 6.55.